The summed E-state index contributed by atoms with van der Waals surface area (Å²) in [6.07, 6.45) is 0. The first-order chi connectivity index (χ1) is 14.5. The zero-order valence-electron chi connectivity index (χ0n) is 16.9. The van der Waals surface area contributed by atoms with E-state index in [-0.39, 0.29) is 24.1 Å². The summed E-state index contributed by atoms with van der Waals surface area (Å²) in [5, 5.41) is 4.48. The zero-order chi connectivity index (χ0) is 21.1. The number of nitrogens with zero attached hydrogens (tertiary/aromatic N) is 4. The molecule has 0 radical (unpaired) electrons. The molecule has 0 unspecified atom stereocenters. The number of para-hydroxylation sites is 1. The molecule has 1 saturated heterocycles. The number of halogens is 3. The van der Waals surface area contributed by atoms with Gasteiger partial charge in [-0.1, -0.05) is 24.3 Å². The molecule has 0 aliphatic carbocycles. The van der Waals surface area contributed by atoms with Crippen LogP contribution in [0.3, 0.4) is 0 Å². The first kappa shape index (κ1) is 22.6. The van der Waals surface area contributed by atoms with Gasteiger partial charge in [-0.2, -0.15) is 13.9 Å². The third-order valence-electron chi connectivity index (χ3n) is 5.03. The summed E-state index contributed by atoms with van der Waals surface area (Å²) >= 11 is 0. The second-order valence-corrected chi connectivity index (χ2v) is 7.07. The van der Waals surface area contributed by atoms with E-state index in [1.165, 1.54) is 6.07 Å². The van der Waals surface area contributed by atoms with E-state index in [0.29, 0.717) is 31.9 Å². The Balaban J connectivity index is 0.00000272. The second kappa shape index (κ2) is 9.78. The van der Waals surface area contributed by atoms with Gasteiger partial charge in [-0.3, -0.25) is 4.79 Å². The fourth-order valence-corrected chi connectivity index (χ4v) is 3.60. The molecule has 4 rings (SSSR count). The van der Waals surface area contributed by atoms with Gasteiger partial charge in [0.25, 0.3) is 5.91 Å². The minimum absolute atomic E-state index is 0. The number of rotatable bonds is 5. The molecule has 1 aromatic heterocycles. The van der Waals surface area contributed by atoms with Crippen molar-refractivity contribution in [2.45, 2.75) is 13.5 Å². The van der Waals surface area contributed by atoms with Crippen molar-refractivity contribution in [1.82, 2.24) is 14.7 Å². The summed E-state index contributed by atoms with van der Waals surface area (Å²) in [7, 11) is 0. The number of aryl methyl sites for hydroxylation is 1. The normalized spacial score (nSPS) is 13.8. The maximum absolute atomic E-state index is 13.2. The van der Waals surface area contributed by atoms with Gasteiger partial charge in [0.1, 0.15) is 11.4 Å². The molecule has 1 aliphatic rings. The number of hydrogen-bond acceptors (Lipinski definition) is 4. The Morgan fingerprint density at radius 2 is 1.65 bits per heavy atom. The highest BCUT2D eigenvalue weighted by Gasteiger charge is 2.26. The molecule has 164 valence electrons. The van der Waals surface area contributed by atoms with Crippen LogP contribution in [0.25, 0.3) is 5.69 Å². The molecule has 1 fully saturated rings. The predicted molar refractivity (Wildman–Crippen MR) is 117 cm³/mol. The van der Waals surface area contributed by atoms with E-state index < -0.39 is 6.61 Å². The van der Waals surface area contributed by atoms with Crippen LogP contribution < -0.4 is 9.64 Å². The lowest BCUT2D eigenvalue weighted by Gasteiger charge is -2.36. The summed E-state index contributed by atoms with van der Waals surface area (Å²) in [5.74, 6) is 0.0529. The Bertz CT molecular complexity index is 1020. The van der Waals surface area contributed by atoms with Gasteiger partial charge in [0.2, 0.25) is 0 Å². The van der Waals surface area contributed by atoms with Gasteiger partial charge >= 0.3 is 6.61 Å². The highest BCUT2D eigenvalue weighted by atomic mass is 35.5. The Hall–Kier alpha value is -3.13. The third kappa shape index (κ3) is 5.14. The van der Waals surface area contributed by atoms with E-state index in [4.69, 9.17) is 0 Å². The van der Waals surface area contributed by atoms with Crippen LogP contribution in [0.2, 0.25) is 0 Å². The van der Waals surface area contributed by atoms with Crippen LogP contribution in [-0.2, 0) is 0 Å². The number of anilines is 1. The SMILES string of the molecule is Cc1cc(C(=O)N2CCN(c3cccc(OC(F)F)c3)CC2)n(-c2ccccc2)n1.Cl. The molecule has 1 amide bonds. The summed E-state index contributed by atoms with van der Waals surface area (Å²) in [4.78, 5) is 17.0. The van der Waals surface area contributed by atoms with Crippen LogP contribution in [-0.4, -0.2) is 53.4 Å². The number of hydrogen-bond donors (Lipinski definition) is 0. The van der Waals surface area contributed by atoms with Crippen molar-refractivity contribution >= 4 is 24.0 Å². The van der Waals surface area contributed by atoms with E-state index >= 15 is 0 Å². The zero-order valence-corrected chi connectivity index (χ0v) is 17.8. The van der Waals surface area contributed by atoms with Crippen molar-refractivity contribution in [3.8, 4) is 11.4 Å². The van der Waals surface area contributed by atoms with Gasteiger partial charge in [-0.05, 0) is 37.3 Å². The fourth-order valence-electron chi connectivity index (χ4n) is 3.60. The molecule has 0 atom stereocenters. The van der Waals surface area contributed by atoms with E-state index in [1.807, 2.05) is 43.3 Å². The molecule has 2 heterocycles. The van der Waals surface area contributed by atoms with Crippen LogP contribution in [0, 0.1) is 6.92 Å². The first-order valence-electron chi connectivity index (χ1n) is 9.72. The van der Waals surface area contributed by atoms with Crippen LogP contribution in [0.1, 0.15) is 16.2 Å². The van der Waals surface area contributed by atoms with Gasteiger partial charge in [0.15, 0.2) is 0 Å². The van der Waals surface area contributed by atoms with Gasteiger partial charge in [-0.15, -0.1) is 12.4 Å². The van der Waals surface area contributed by atoms with Crippen molar-refractivity contribution in [2.24, 2.45) is 0 Å². The number of alkyl halides is 2. The van der Waals surface area contributed by atoms with E-state index in [0.717, 1.165) is 17.1 Å². The smallest absolute Gasteiger partial charge is 0.387 e. The topological polar surface area (TPSA) is 50.6 Å². The number of piperazine rings is 1. The van der Waals surface area contributed by atoms with Crippen LogP contribution in [0.5, 0.6) is 5.75 Å². The Morgan fingerprint density at radius 3 is 2.32 bits per heavy atom. The molecule has 0 spiro atoms. The minimum atomic E-state index is -2.85. The van der Waals surface area contributed by atoms with Crippen molar-refractivity contribution in [1.29, 1.82) is 0 Å². The molecule has 6 nitrogen and oxygen atoms in total. The minimum Gasteiger partial charge on any atom is -0.435 e. The largest absolute Gasteiger partial charge is 0.435 e. The highest BCUT2D eigenvalue weighted by Crippen LogP contribution is 2.24. The van der Waals surface area contributed by atoms with Crippen molar-refractivity contribution in [2.75, 3.05) is 31.1 Å². The van der Waals surface area contributed by atoms with Crippen molar-refractivity contribution in [3.05, 3.63) is 72.1 Å². The van der Waals surface area contributed by atoms with Crippen LogP contribution in [0.15, 0.2) is 60.7 Å². The molecule has 2 aromatic carbocycles. The molecule has 1 aliphatic heterocycles. The number of benzene rings is 2. The maximum Gasteiger partial charge on any atom is 0.387 e. The molecular weight excluding hydrogens is 426 g/mol. The van der Waals surface area contributed by atoms with E-state index in [9.17, 15) is 13.6 Å². The molecule has 9 heteroatoms. The summed E-state index contributed by atoms with van der Waals surface area (Å²) in [6.45, 7) is 1.26. The summed E-state index contributed by atoms with van der Waals surface area (Å²) in [6, 6.07) is 18.0. The number of carbonyl (C=O) groups excluding carboxylic acids is 1. The molecule has 0 bridgehead atoms. The molecule has 0 N–H and O–H groups in total. The number of amides is 1. The monoisotopic (exact) mass is 448 g/mol. The van der Waals surface area contributed by atoms with Gasteiger partial charge in [0.05, 0.1) is 11.4 Å². The molecule has 3 aromatic rings. The Labute approximate surface area is 185 Å². The van der Waals surface area contributed by atoms with Crippen LogP contribution >= 0.6 is 12.4 Å². The van der Waals surface area contributed by atoms with E-state index in [1.54, 1.807) is 27.8 Å². The van der Waals surface area contributed by atoms with E-state index in [2.05, 4.69) is 14.7 Å². The average molecular weight is 449 g/mol. The predicted octanol–water partition coefficient (Wildman–Crippen LogP) is 4.17. The van der Waals surface area contributed by atoms with Gasteiger partial charge in [-0.25, -0.2) is 4.68 Å². The maximum atomic E-state index is 13.2. The molecule has 0 saturated carbocycles. The quantitative estimate of drug-likeness (QED) is 0.588. The molecular formula is C22H23ClF2N4O2. The number of ether oxygens (including phenoxy) is 1. The lowest BCUT2D eigenvalue weighted by Crippen LogP contribution is -2.49. The summed E-state index contributed by atoms with van der Waals surface area (Å²) in [5.41, 5.74) is 2.94. The molecule has 31 heavy (non-hydrogen) atoms. The number of aromatic nitrogens is 2. The van der Waals surface area contributed by atoms with Crippen molar-refractivity contribution < 1.29 is 18.3 Å². The second-order valence-electron chi connectivity index (χ2n) is 7.07. The average Bonchev–Trinajstić information content (AvgIpc) is 3.15. The lowest BCUT2D eigenvalue weighted by molar-refractivity contribution is -0.0498. The van der Waals surface area contributed by atoms with Gasteiger partial charge < -0.3 is 14.5 Å². The number of carbonyl (C=O) groups is 1. The first-order valence-corrected chi connectivity index (χ1v) is 9.72. The third-order valence-corrected chi connectivity index (χ3v) is 5.03. The standard InChI is InChI=1S/C22H22F2N4O2.ClH/c1-16-14-20(28(25-16)17-6-3-2-4-7-17)21(29)27-12-10-26(11-13-27)18-8-5-9-19(15-18)30-22(23)24;/h2-9,14-15,22H,10-13H2,1H3;1H. The highest BCUT2D eigenvalue weighted by molar-refractivity contribution is 5.93. The lowest BCUT2D eigenvalue weighted by atomic mass is 10.2. The Kier molecular flexibility index (Phi) is 7.12. The van der Waals surface area contributed by atoms with Crippen LogP contribution in [0.4, 0.5) is 14.5 Å². The Morgan fingerprint density at radius 1 is 0.968 bits per heavy atom. The fraction of sp³-hybridized carbons (Fsp3) is 0.273. The summed E-state index contributed by atoms with van der Waals surface area (Å²) < 4.78 is 31.1. The van der Waals surface area contributed by atoms with Gasteiger partial charge in [0, 0.05) is 37.9 Å². The van der Waals surface area contributed by atoms with Crippen molar-refractivity contribution in [3.63, 3.8) is 0 Å².